The third-order valence-corrected chi connectivity index (χ3v) is 3.98. The van der Waals surface area contributed by atoms with Gasteiger partial charge in [0.25, 0.3) is 0 Å². The van der Waals surface area contributed by atoms with E-state index in [2.05, 4.69) is 51.4 Å². The van der Waals surface area contributed by atoms with Crippen molar-refractivity contribution in [3.05, 3.63) is 58.3 Å². The molecule has 0 aliphatic carbocycles. The Balaban J connectivity index is 2.20. The number of aromatic nitrogens is 1. The summed E-state index contributed by atoms with van der Waals surface area (Å²) >= 11 is 3.56. The first kappa shape index (κ1) is 16.0. The highest BCUT2D eigenvalue weighted by Crippen LogP contribution is 2.29. The van der Waals surface area contributed by atoms with E-state index >= 15 is 0 Å². The van der Waals surface area contributed by atoms with Gasteiger partial charge in [0.1, 0.15) is 5.75 Å². The van der Waals surface area contributed by atoms with Gasteiger partial charge in [0.05, 0.1) is 11.6 Å². The molecule has 21 heavy (non-hydrogen) atoms. The van der Waals surface area contributed by atoms with Crippen LogP contribution in [0, 0.1) is 0 Å². The number of nitrogens with one attached hydrogen (secondary N) is 1. The molecule has 0 radical (unpaired) electrons. The molecule has 3 nitrogen and oxygen atoms in total. The van der Waals surface area contributed by atoms with E-state index in [0.717, 1.165) is 35.3 Å². The average Bonchev–Trinajstić information content (AvgIpc) is 2.52. The standard InChI is InChI=1S/C17H21BrN2O/c1-3-9-20-16(12-14-6-4-5-10-19-14)13-7-8-17(21-2)15(18)11-13/h4-8,10-11,16,20H,3,9,12H2,1-2H3. The Morgan fingerprint density at radius 2 is 2.14 bits per heavy atom. The lowest BCUT2D eigenvalue weighted by atomic mass is 10.0. The number of halogens is 1. The third kappa shape index (κ3) is 4.55. The molecule has 1 N–H and O–H groups in total. The van der Waals surface area contributed by atoms with Gasteiger partial charge in [0.2, 0.25) is 0 Å². The Bertz CT molecular complexity index is 560. The number of hydrogen-bond acceptors (Lipinski definition) is 3. The van der Waals surface area contributed by atoms with Crippen molar-refractivity contribution in [2.45, 2.75) is 25.8 Å². The Morgan fingerprint density at radius 3 is 2.76 bits per heavy atom. The second-order valence-electron chi connectivity index (χ2n) is 4.93. The molecular formula is C17H21BrN2O. The first-order valence-corrected chi connectivity index (χ1v) is 8.00. The van der Waals surface area contributed by atoms with Crippen molar-refractivity contribution in [2.75, 3.05) is 13.7 Å². The van der Waals surface area contributed by atoms with Crippen molar-refractivity contribution in [1.82, 2.24) is 10.3 Å². The van der Waals surface area contributed by atoms with E-state index in [4.69, 9.17) is 4.74 Å². The van der Waals surface area contributed by atoms with E-state index in [0.29, 0.717) is 0 Å². The summed E-state index contributed by atoms with van der Waals surface area (Å²) in [6, 6.07) is 12.5. The molecule has 0 aliphatic rings. The smallest absolute Gasteiger partial charge is 0.133 e. The highest BCUT2D eigenvalue weighted by atomic mass is 79.9. The number of methoxy groups -OCH3 is 1. The fourth-order valence-electron chi connectivity index (χ4n) is 2.25. The van der Waals surface area contributed by atoms with Crippen molar-refractivity contribution in [1.29, 1.82) is 0 Å². The molecule has 0 fully saturated rings. The highest BCUT2D eigenvalue weighted by molar-refractivity contribution is 9.10. The van der Waals surface area contributed by atoms with Crippen LogP contribution in [0.2, 0.25) is 0 Å². The average molecular weight is 349 g/mol. The van der Waals surface area contributed by atoms with E-state index in [1.807, 2.05) is 24.4 Å². The maximum absolute atomic E-state index is 5.30. The van der Waals surface area contributed by atoms with Gasteiger partial charge >= 0.3 is 0 Å². The Kier molecular flexibility index (Phi) is 6.21. The normalized spacial score (nSPS) is 12.1. The summed E-state index contributed by atoms with van der Waals surface area (Å²) in [7, 11) is 1.68. The summed E-state index contributed by atoms with van der Waals surface area (Å²) in [5.74, 6) is 0.853. The van der Waals surface area contributed by atoms with Crippen LogP contribution in [-0.2, 0) is 6.42 Å². The molecule has 0 spiro atoms. The Labute approximate surface area is 134 Å². The topological polar surface area (TPSA) is 34.2 Å². The second kappa shape index (κ2) is 8.15. The molecule has 1 unspecified atom stereocenters. The lowest BCUT2D eigenvalue weighted by Crippen LogP contribution is -2.24. The van der Waals surface area contributed by atoms with Gasteiger partial charge in [-0.05, 0) is 58.7 Å². The number of hydrogen-bond donors (Lipinski definition) is 1. The number of nitrogens with zero attached hydrogens (tertiary/aromatic N) is 1. The lowest BCUT2D eigenvalue weighted by molar-refractivity contribution is 0.411. The van der Waals surface area contributed by atoms with Gasteiger partial charge in [-0.25, -0.2) is 0 Å². The van der Waals surface area contributed by atoms with Crippen molar-refractivity contribution in [3.8, 4) is 5.75 Å². The molecule has 4 heteroatoms. The zero-order valence-electron chi connectivity index (χ0n) is 12.5. The minimum absolute atomic E-state index is 0.252. The summed E-state index contributed by atoms with van der Waals surface area (Å²) in [4.78, 5) is 4.43. The monoisotopic (exact) mass is 348 g/mol. The molecule has 2 aromatic rings. The van der Waals surface area contributed by atoms with Gasteiger partial charge in [-0.15, -0.1) is 0 Å². The van der Waals surface area contributed by atoms with Gasteiger partial charge in [0.15, 0.2) is 0 Å². The molecule has 0 saturated carbocycles. The van der Waals surface area contributed by atoms with Crippen LogP contribution >= 0.6 is 15.9 Å². The van der Waals surface area contributed by atoms with Crippen LogP contribution in [-0.4, -0.2) is 18.6 Å². The first-order chi connectivity index (χ1) is 10.2. The molecule has 0 bridgehead atoms. The molecule has 1 heterocycles. The van der Waals surface area contributed by atoms with Gasteiger partial charge in [-0.3, -0.25) is 4.98 Å². The number of ether oxygens (including phenoxy) is 1. The SMILES string of the molecule is CCCNC(Cc1ccccn1)c1ccc(OC)c(Br)c1. The summed E-state index contributed by atoms with van der Waals surface area (Å²) < 4.78 is 6.28. The minimum atomic E-state index is 0.252. The summed E-state index contributed by atoms with van der Waals surface area (Å²) in [6.07, 6.45) is 3.83. The zero-order chi connectivity index (χ0) is 15.1. The minimum Gasteiger partial charge on any atom is -0.496 e. The Morgan fingerprint density at radius 1 is 1.29 bits per heavy atom. The summed E-state index contributed by atoms with van der Waals surface area (Å²) in [6.45, 7) is 3.16. The summed E-state index contributed by atoms with van der Waals surface area (Å²) in [5.41, 5.74) is 2.33. The fraction of sp³-hybridized carbons (Fsp3) is 0.353. The van der Waals surface area contributed by atoms with E-state index < -0.39 is 0 Å². The van der Waals surface area contributed by atoms with Crippen molar-refractivity contribution < 1.29 is 4.74 Å². The summed E-state index contributed by atoms with van der Waals surface area (Å²) in [5, 5.41) is 3.60. The molecule has 0 aliphatic heterocycles. The van der Waals surface area contributed by atoms with Crippen LogP contribution in [0.25, 0.3) is 0 Å². The van der Waals surface area contributed by atoms with Gasteiger partial charge < -0.3 is 10.1 Å². The van der Waals surface area contributed by atoms with Crippen LogP contribution in [0.15, 0.2) is 47.1 Å². The van der Waals surface area contributed by atoms with Crippen LogP contribution in [0.4, 0.5) is 0 Å². The largest absolute Gasteiger partial charge is 0.496 e. The molecule has 0 amide bonds. The van der Waals surface area contributed by atoms with Crippen molar-refractivity contribution >= 4 is 15.9 Å². The first-order valence-electron chi connectivity index (χ1n) is 7.21. The van der Waals surface area contributed by atoms with E-state index in [9.17, 15) is 0 Å². The number of benzene rings is 1. The van der Waals surface area contributed by atoms with Crippen molar-refractivity contribution in [3.63, 3.8) is 0 Å². The molecule has 1 aromatic heterocycles. The van der Waals surface area contributed by atoms with Crippen LogP contribution in [0.5, 0.6) is 5.75 Å². The molecular weight excluding hydrogens is 328 g/mol. The molecule has 2 rings (SSSR count). The third-order valence-electron chi connectivity index (χ3n) is 3.36. The van der Waals surface area contributed by atoms with Gasteiger partial charge in [0, 0.05) is 24.4 Å². The van der Waals surface area contributed by atoms with Crippen LogP contribution in [0.1, 0.15) is 30.6 Å². The highest BCUT2D eigenvalue weighted by Gasteiger charge is 2.14. The quantitative estimate of drug-likeness (QED) is 0.816. The molecule has 1 atom stereocenters. The predicted octanol–water partition coefficient (Wildman–Crippen LogP) is 4.14. The van der Waals surface area contributed by atoms with Gasteiger partial charge in [-0.1, -0.05) is 19.1 Å². The second-order valence-corrected chi connectivity index (χ2v) is 5.78. The lowest BCUT2D eigenvalue weighted by Gasteiger charge is -2.19. The van der Waals surface area contributed by atoms with E-state index in [-0.39, 0.29) is 6.04 Å². The zero-order valence-corrected chi connectivity index (χ0v) is 14.1. The Hall–Kier alpha value is -1.39. The maximum Gasteiger partial charge on any atom is 0.133 e. The predicted molar refractivity (Wildman–Crippen MR) is 89.7 cm³/mol. The fourth-order valence-corrected chi connectivity index (χ4v) is 2.81. The van der Waals surface area contributed by atoms with Gasteiger partial charge in [-0.2, -0.15) is 0 Å². The molecule has 1 aromatic carbocycles. The number of pyridine rings is 1. The van der Waals surface area contributed by atoms with Crippen LogP contribution < -0.4 is 10.1 Å². The maximum atomic E-state index is 5.30. The van der Waals surface area contributed by atoms with E-state index in [1.54, 1.807) is 7.11 Å². The molecule has 112 valence electrons. The van der Waals surface area contributed by atoms with Crippen LogP contribution in [0.3, 0.4) is 0 Å². The number of rotatable bonds is 7. The van der Waals surface area contributed by atoms with E-state index in [1.165, 1.54) is 5.56 Å². The van der Waals surface area contributed by atoms with Crippen molar-refractivity contribution in [2.24, 2.45) is 0 Å². The molecule has 0 saturated heterocycles.